The largest absolute Gasteiger partial charge is 0.490 e. The third-order valence-electron chi connectivity index (χ3n) is 2.74. The van der Waals surface area contributed by atoms with Crippen LogP contribution in [-0.4, -0.2) is 11.2 Å². The molecule has 0 saturated carbocycles. The third-order valence-corrected chi connectivity index (χ3v) is 3.97. The monoisotopic (exact) mass is 485 g/mol. The number of aromatic nitrogens is 1. The minimum Gasteiger partial charge on any atom is -0.490 e. The summed E-state index contributed by atoms with van der Waals surface area (Å²) in [7, 11) is 1.72. The Bertz CT molecular complexity index is 713. The molecule has 107 valence electrons. The molecule has 0 spiro atoms. The molecular formula is C15H12Br2NO2Y-. The quantitative estimate of drug-likeness (QED) is 0.484. The Morgan fingerprint density at radius 3 is 2.71 bits per heavy atom. The predicted octanol–water partition coefficient (Wildman–Crippen LogP) is 3.94. The minimum atomic E-state index is -0.0994. The second kappa shape index (κ2) is 8.42. The van der Waals surface area contributed by atoms with E-state index in [1.54, 1.807) is 23.8 Å². The molecule has 1 radical (unpaired) electrons. The Morgan fingerprint density at radius 2 is 2.10 bits per heavy atom. The molecule has 1 heterocycles. The van der Waals surface area contributed by atoms with E-state index < -0.39 is 0 Å². The van der Waals surface area contributed by atoms with E-state index >= 15 is 0 Å². The molecule has 0 fully saturated rings. The molecule has 0 aliphatic rings. The normalized spacial score (nSPS) is 9.86. The molecule has 1 aromatic carbocycles. The van der Waals surface area contributed by atoms with Crippen LogP contribution in [0.5, 0.6) is 5.75 Å². The van der Waals surface area contributed by atoms with E-state index in [1.807, 2.05) is 18.2 Å². The van der Waals surface area contributed by atoms with Crippen molar-refractivity contribution in [1.82, 2.24) is 4.57 Å². The van der Waals surface area contributed by atoms with Gasteiger partial charge in [-0.25, -0.2) is 0 Å². The van der Waals surface area contributed by atoms with Crippen LogP contribution in [-0.2, 0) is 39.8 Å². The van der Waals surface area contributed by atoms with Crippen molar-refractivity contribution in [3.05, 3.63) is 62.3 Å². The molecule has 0 amide bonds. The molecule has 6 heteroatoms. The van der Waals surface area contributed by atoms with Gasteiger partial charge in [-0.3, -0.25) is 4.79 Å². The zero-order chi connectivity index (χ0) is 14.7. The van der Waals surface area contributed by atoms with Gasteiger partial charge in [-0.1, -0.05) is 39.8 Å². The predicted molar refractivity (Wildman–Crippen MR) is 87.0 cm³/mol. The van der Waals surface area contributed by atoms with Gasteiger partial charge in [0.2, 0.25) is 5.56 Å². The number of hydrogen-bond donors (Lipinski definition) is 0. The first-order valence-electron chi connectivity index (χ1n) is 5.85. The van der Waals surface area contributed by atoms with Gasteiger partial charge in [0.15, 0.2) is 0 Å². The number of hydrogen-bond acceptors (Lipinski definition) is 2. The van der Waals surface area contributed by atoms with Crippen LogP contribution >= 0.6 is 31.9 Å². The van der Waals surface area contributed by atoms with Gasteiger partial charge in [-0.15, -0.1) is 22.0 Å². The molecule has 0 saturated heterocycles. The smallest absolute Gasteiger partial charge is 0.208 e. The Balaban J connectivity index is 0.00000220. The fourth-order valence-electron chi connectivity index (χ4n) is 1.74. The minimum absolute atomic E-state index is 0. The molecule has 0 unspecified atom stereocenters. The van der Waals surface area contributed by atoms with Gasteiger partial charge in [-0.05, 0) is 21.1 Å². The molecule has 1 aromatic heterocycles. The standard InChI is InChI=1S/C15H12Br2NO2.Y/c1-3-8-20-10-4-5-11(13(17)9-10)14-7-6-12(16)15(19)18(14)2;/h3-6,9H,1,8H2,2H3;/q-1;. The maximum Gasteiger partial charge on any atom is 0.208 e. The molecule has 0 N–H and O–H groups in total. The fraction of sp³-hybridized carbons (Fsp3) is 0.133. The number of benzene rings is 1. The first kappa shape index (κ1) is 18.8. The van der Waals surface area contributed by atoms with Crippen molar-refractivity contribution in [1.29, 1.82) is 0 Å². The molecule has 21 heavy (non-hydrogen) atoms. The summed E-state index contributed by atoms with van der Waals surface area (Å²) in [6, 6.07) is 10.3. The van der Waals surface area contributed by atoms with Crippen molar-refractivity contribution < 1.29 is 37.4 Å². The molecule has 0 aliphatic carbocycles. The van der Waals surface area contributed by atoms with Crippen molar-refractivity contribution in [3.63, 3.8) is 0 Å². The van der Waals surface area contributed by atoms with E-state index in [4.69, 9.17) is 4.74 Å². The summed E-state index contributed by atoms with van der Waals surface area (Å²) in [6.07, 6.45) is 1.69. The van der Waals surface area contributed by atoms with Crippen LogP contribution in [0, 0.1) is 6.07 Å². The van der Waals surface area contributed by atoms with E-state index in [1.165, 1.54) is 0 Å². The first-order valence-corrected chi connectivity index (χ1v) is 7.44. The van der Waals surface area contributed by atoms with Gasteiger partial charge in [0.1, 0.15) is 12.4 Å². The van der Waals surface area contributed by atoms with Crippen LogP contribution < -0.4 is 10.3 Å². The van der Waals surface area contributed by atoms with Crippen molar-refractivity contribution >= 4 is 31.9 Å². The van der Waals surface area contributed by atoms with Crippen LogP contribution in [0.1, 0.15) is 0 Å². The Labute approximate surface area is 165 Å². The third kappa shape index (κ3) is 4.38. The molecule has 2 aromatic rings. The van der Waals surface area contributed by atoms with Crippen molar-refractivity contribution in [2.75, 3.05) is 6.61 Å². The zero-order valence-electron chi connectivity index (χ0n) is 11.4. The maximum atomic E-state index is 11.9. The van der Waals surface area contributed by atoms with Crippen LogP contribution in [0.4, 0.5) is 0 Å². The SMILES string of the molecule is C=CCOc1ccc(-c2[c-]cc(Br)c(=O)n2C)c(Br)c1.[Y]. The van der Waals surface area contributed by atoms with E-state index in [2.05, 4.69) is 44.5 Å². The number of rotatable bonds is 4. The van der Waals surface area contributed by atoms with Crippen LogP contribution in [0.25, 0.3) is 11.3 Å². The van der Waals surface area contributed by atoms with E-state index in [9.17, 15) is 4.79 Å². The molecule has 2 rings (SSSR count). The Kier molecular flexibility index (Phi) is 7.54. The van der Waals surface area contributed by atoms with Gasteiger partial charge in [0.25, 0.3) is 0 Å². The van der Waals surface area contributed by atoms with Crippen molar-refractivity contribution in [3.8, 4) is 17.0 Å². The second-order valence-electron chi connectivity index (χ2n) is 4.09. The first-order chi connectivity index (χ1) is 9.54. The van der Waals surface area contributed by atoms with E-state index in [0.717, 1.165) is 15.8 Å². The average molecular weight is 487 g/mol. The van der Waals surface area contributed by atoms with Crippen LogP contribution in [0.2, 0.25) is 0 Å². The number of ether oxygens (including phenoxy) is 1. The van der Waals surface area contributed by atoms with Crippen molar-refractivity contribution in [2.24, 2.45) is 7.05 Å². The van der Waals surface area contributed by atoms with E-state index in [-0.39, 0.29) is 38.3 Å². The topological polar surface area (TPSA) is 31.2 Å². The van der Waals surface area contributed by atoms with Gasteiger partial charge in [0.05, 0.1) is 0 Å². The Morgan fingerprint density at radius 1 is 1.38 bits per heavy atom. The second-order valence-corrected chi connectivity index (χ2v) is 5.80. The van der Waals surface area contributed by atoms with Crippen LogP contribution in [0.3, 0.4) is 0 Å². The summed E-state index contributed by atoms with van der Waals surface area (Å²) in [4.78, 5) is 11.9. The molecule has 0 aliphatic heterocycles. The van der Waals surface area contributed by atoms with Crippen molar-refractivity contribution in [2.45, 2.75) is 0 Å². The summed E-state index contributed by atoms with van der Waals surface area (Å²) in [5, 5.41) is 0. The summed E-state index contributed by atoms with van der Waals surface area (Å²) in [5.74, 6) is 0.739. The number of nitrogens with zero attached hydrogens (tertiary/aromatic N) is 1. The molecule has 0 bridgehead atoms. The summed E-state index contributed by atoms with van der Waals surface area (Å²) in [6.45, 7) is 4.06. The average Bonchev–Trinajstić information content (AvgIpc) is 2.44. The van der Waals surface area contributed by atoms with Gasteiger partial charge >= 0.3 is 0 Å². The molecule has 3 nitrogen and oxygen atoms in total. The summed E-state index contributed by atoms with van der Waals surface area (Å²) in [5.41, 5.74) is 1.49. The van der Waals surface area contributed by atoms with Gasteiger partial charge < -0.3 is 9.30 Å². The maximum absolute atomic E-state index is 11.9. The molecule has 0 atom stereocenters. The number of pyridine rings is 1. The fourth-order valence-corrected chi connectivity index (χ4v) is 2.67. The summed E-state index contributed by atoms with van der Waals surface area (Å²) < 4.78 is 8.35. The van der Waals surface area contributed by atoms with Gasteiger partial charge in [0, 0.05) is 39.8 Å². The zero-order valence-corrected chi connectivity index (χ0v) is 17.4. The van der Waals surface area contributed by atoms with Crippen LogP contribution in [0.15, 0.2) is 50.7 Å². The van der Waals surface area contributed by atoms with E-state index in [0.29, 0.717) is 16.8 Å². The Hall–Kier alpha value is -0.226. The summed E-state index contributed by atoms with van der Waals surface area (Å²) >= 11 is 6.71. The van der Waals surface area contributed by atoms with Gasteiger partial charge in [-0.2, -0.15) is 12.1 Å². The molecular weight excluding hydrogens is 475 g/mol. The number of halogens is 2.